The summed E-state index contributed by atoms with van der Waals surface area (Å²) in [7, 11) is -0.320. The van der Waals surface area contributed by atoms with Gasteiger partial charge in [0.05, 0.1) is 16.8 Å². The van der Waals surface area contributed by atoms with Crippen LogP contribution in [0.1, 0.15) is 61.8 Å². The van der Waals surface area contributed by atoms with Crippen molar-refractivity contribution in [3.8, 4) is 0 Å². The van der Waals surface area contributed by atoms with Gasteiger partial charge in [-0.15, -0.1) is 0 Å². The quantitative estimate of drug-likeness (QED) is 0.754. The first kappa shape index (κ1) is 21.3. The van der Waals surface area contributed by atoms with E-state index in [2.05, 4.69) is 70.7 Å². The first-order valence-electron chi connectivity index (χ1n) is 9.80. The maximum absolute atomic E-state index is 10.1. The highest BCUT2D eigenvalue weighted by Gasteiger charge is 2.51. The highest BCUT2D eigenvalue weighted by atomic mass is 16.7. The molecule has 1 N–H and O–H groups in total. The summed E-state index contributed by atoms with van der Waals surface area (Å²) in [5.41, 5.74) is 0.960. The van der Waals surface area contributed by atoms with Crippen molar-refractivity contribution in [3.63, 3.8) is 0 Å². The molecule has 1 unspecified atom stereocenters. The van der Waals surface area contributed by atoms with E-state index in [1.165, 1.54) is 5.69 Å². The summed E-state index contributed by atoms with van der Waals surface area (Å²) < 4.78 is 12.3. The third-order valence-electron chi connectivity index (χ3n) is 6.20. The fourth-order valence-electron chi connectivity index (χ4n) is 2.99. The second-order valence-corrected chi connectivity index (χ2v) is 9.10. The third kappa shape index (κ3) is 4.62. The molecular formula is C21H36BNO3. The minimum absolute atomic E-state index is 0.251. The van der Waals surface area contributed by atoms with E-state index in [0.29, 0.717) is 0 Å². The molecule has 1 aliphatic heterocycles. The molecule has 1 aliphatic rings. The molecule has 0 aliphatic carbocycles. The van der Waals surface area contributed by atoms with Crippen LogP contribution in [0.15, 0.2) is 24.3 Å². The molecule has 1 fully saturated rings. The molecule has 1 saturated heterocycles. The molecule has 0 amide bonds. The Labute approximate surface area is 160 Å². The normalized spacial score (nSPS) is 20.3. The van der Waals surface area contributed by atoms with Gasteiger partial charge in [-0.1, -0.05) is 19.1 Å². The summed E-state index contributed by atoms with van der Waals surface area (Å²) in [6.07, 6.45) is 0.955. The van der Waals surface area contributed by atoms with Gasteiger partial charge in [0, 0.05) is 18.8 Å². The topological polar surface area (TPSA) is 41.9 Å². The fourth-order valence-corrected chi connectivity index (χ4v) is 2.99. The zero-order valence-electron chi connectivity index (χ0n) is 17.8. The Kier molecular flexibility index (Phi) is 6.16. The molecule has 1 atom stereocenters. The molecule has 0 bridgehead atoms. The van der Waals surface area contributed by atoms with Crippen LogP contribution in [-0.2, 0) is 9.31 Å². The monoisotopic (exact) mass is 361 g/mol. The SMILES string of the molecule is CCN(CCC(C)C(C)(C)O)c1ccc(B2OC(C)(C)C(C)(C)O2)cc1. The van der Waals surface area contributed by atoms with Crippen molar-refractivity contribution in [2.24, 2.45) is 5.92 Å². The Balaban J connectivity index is 2.04. The van der Waals surface area contributed by atoms with E-state index in [1.54, 1.807) is 0 Å². The molecule has 0 radical (unpaired) electrons. The van der Waals surface area contributed by atoms with Crippen LogP contribution in [-0.4, -0.2) is 42.1 Å². The molecule has 4 nitrogen and oxygen atoms in total. The summed E-state index contributed by atoms with van der Waals surface area (Å²) in [6, 6.07) is 8.47. The van der Waals surface area contributed by atoms with Crippen molar-refractivity contribution >= 4 is 18.3 Å². The molecule has 0 saturated carbocycles. The Morgan fingerprint density at radius 2 is 1.58 bits per heavy atom. The van der Waals surface area contributed by atoms with Crippen LogP contribution < -0.4 is 10.4 Å². The minimum atomic E-state index is -0.639. The number of aliphatic hydroxyl groups is 1. The van der Waals surface area contributed by atoms with Gasteiger partial charge in [-0.2, -0.15) is 0 Å². The molecule has 146 valence electrons. The number of benzene rings is 1. The maximum Gasteiger partial charge on any atom is 0.494 e. The van der Waals surface area contributed by atoms with E-state index in [-0.39, 0.29) is 24.2 Å². The van der Waals surface area contributed by atoms with E-state index in [0.717, 1.165) is 25.0 Å². The van der Waals surface area contributed by atoms with Crippen LogP contribution in [0.4, 0.5) is 5.69 Å². The summed E-state index contributed by atoms with van der Waals surface area (Å²) in [5, 5.41) is 10.1. The number of rotatable bonds is 7. The van der Waals surface area contributed by atoms with Crippen LogP contribution in [0.3, 0.4) is 0 Å². The predicted molar refractivity (Wildman–Crippen MR) is 110 cm³/mol. The summed E-state index contributed by atoms with van der Waals surface area (Å²) in [4.78, 5) is 2.34. The van der Waals surface area contributed by atoms with E-state index < -0.39 is 5.60 Å². The Morgan fingerprint density at radius 3 is 2.00 bits per heavy atom. The molecule has 0 spiro atoms. The van der Waals surface area contributed by atoms with Gasteiger partial charge in [-0.25, -0.2) is 0 Å². The summed E-state index contributed by atoms with van der Waals surface area (Å²) in [5.74, 6) is 0.251. The standard InChI is InChI=1S/C21H36BNO3/c1-9-23(15-14-16(2)19(3,4)24)18-12-10-17(11-13-18)22-25-20(5,6)21(7,8)26-22/h10-13,16,24H,9,14-15H2,1-8H3. The van der Waals surface area contributed by atoms with Gasteiger partial charge in [0.15, 0.2) is 0 Å². The lowest BCUT2D eigenvalue weighted by molar-refractivity contribution is 0.00578. The first-order valence-corrected chi connectivity index (χ1v) is 9.80. The van der Waals surface area contributed by atoms with Crippen molar-refractivity contribution in [1.82, 2.24) is 0 Å². The zero-order valence-corrected chi connectivity index (χ0v) is 17.8. The molecule has 26 heavy (non-hydrogen) atoms. The highest BCUT2D eigenvalue weighted by molar-refractivity contribution is 6.62. The van der Waals surface area contributed by atoms with Crippen molar-refractivity contribution in [2.75, 3.05) is 18.0 Å². The van der Waals surface area contributed by atoms with Gasteiger partial charge in [0.2, 0.25) is 0 Å². The van der Waals surface area contributed by atoms with E-state index in [4.69, 9.17) is 9.31 Å². The van der Waals surface area contributed by atoms with Gasteiger partial charge in [0.1, 0.15) is 0 Å². The second kappa shape index (κ2) is 7.53. The second-order valence-electron chi connectivity index (χ2n) is 9.10. The van der Waals surface area contributed by atoms with Gasteiger partial charge in [-0.05, 0) is 78.4 Å². The Morgan fingerprint density at radius 1 is 1.08 bits per heavy atom. The van der Waals surface area contributed by atoms with Crippen molar-refractivity contribution in [2.45, 2.75) is 78.6 Å². The van der Waals surface area contributed by atoms with Gasteiger partial charge in [-0.3, -0.25) is 0 Å². The van der Waals surface area contributed by atoms with Crippen LogP contribution in [0.5, 0.6) is 0 Å². The van der Waals surface area contributed by atoms with Crippen LogP contribution in [0, 0.1) is 5.92 Å². The van der Waals surface area contributed by atoms with Gasteiger partial charge in [0.25, 0.3) is 0 Å². The summed E-state index contributed by atoms with van der Waals surface area (Å²) >= 11 is 0. The number of anilines is 1. The first-order chi connectivity index (χ1) is 11.9. The van der Waals surface area contributed by atoms with Crippen LogP contribution in [0.25, 0.3) is 0 Å². The lowest BCUT2D eigenvalue weighted by Crippen LogP contribution is -2.41. The average Bonchev–Trinajstić information content (AvgIpc) is 2.75. The van der Waals surface area contributed by atoms with E-state index in [9.17, 15) is 5.11 Å². The molecule has 1 aromatic carbocycles. The Hall–Kier alpha value is -1.04. The number of hydrogen-bond acceptors (Lipinski definition) is 4. The number of nitrogens with zero attached hydrogens (tertiary/aromatic N) is 1. The largest absolute Gasteiger partial charge is 0.494 e. The molecule has 1 heterocycles. The predicted octanol–water partition coefficient (Wildman–Crippen LogP) is 3.61. The fraction of sp³-hybridized carbons (Fsp3) is 0.714. The van der Waals surface area contributed by atoms with Crippen molar-refractivity contribution in [1.29, 1.82) is 0 Å². The molecule has 1 aromatic rings. The van der Waals surface area contributed by atoms with Crippen LogP contribution >= 0.6 is 0 Å². The average molecular weight is 361 g/mol. The molecule has 5 heteroatoms. The highest BCUT2D eigenvalue weighted by Crippen LogP contribution is 2.36. The van der Waals surface area contributed by atoms with Crippen molar-refractivity contribution < 1.29 is 14.4 Å². The summed E-state index contributed by atoms with van der Waals surface area (Å²) in [6.45, 7) is 18.2. The molecular weight excluding hydrogens is 325 g/mol. The third-order valence-corrected chi connectivity index (χ3v) is 6.20. The molecule has 2 rings (SSSR count). The maximum atomic E-state index is 10.1. The van der Waals surface area contributed by atoms with Crippen LogP contribution in [0.2, 0.25) is 0 Å². The van der Waals surface area contributed by atoms with Gasteiger partial charge < -0.3 is 19.3 Å². The lowest BCUT2D eigenvalue weighted by Gasteiger charge is -2.32. The Bertz CT molecular complexity index is 576. The van der Waals surface area contributed by atoms with Gasteiger partial charge >= 0.3 is 7.12 Å². The van der Waals surface area contributed by atoms with E-state index in [1.807, 2.05) is 13.8 Å². The van der Waals surface area contributed by atoms with Crippen molar-refractivity contribution in [3.05, 3.63) is 24.3 Å². The lowest BCUT2D eigenvalue weighted by atomic mass is 9.79. The minimum Gasteiger partial charge on any atom is -0.399 e. The van der Waals surface area contributed by atoms with E-state index >= 15 is 0 Å². The molecule has 0 aromatic heterocycles. The smallest absolute Gasteiger partial charge is 0.399 e. The zero-order chi connectivity index (χ0) is 19.8. The number of hydrogen-bond donors (Lipinski definition) is 1.